The summed E-state index contributed by atoms with van der Waals surface area (Å²) in [5.41, 5.74) is 0.845. The van der Waals surface area contributed by atoms with Crippen LogP contribution in [0, 0.1) is 46.9 Å². The van der Waals surface area contributed by atoms with Crippen molar-refractivity contribution in [2.24, 2.45) is 11.8 Å². The molecule has 0 N–H and O–H groups in total. The lowest BCUT2D eigenvalue weighted by molar-refractivity contribution is 0.254. The van der Waals surface area contributed by atoms with Crippen LogP contribution in [-0.2, 0) is 6.42 Å². The molecule has 0 aliphatic heterocycles. The number of hydrogen-bond donors (Lipinski definition) is 0. The number of hydrogen-bond acceptors (Lipinski definition) is 0. The Bertz CT molecular complexity index is 1250. The third-order valence-electron chi connectivity index (χ3n) is 7.10. The van der Waals surface area contributed by atoms with Crippen LogP contribution in [0.15, 0.2) is 54.6 Å². The first-order valence-corrected chi connectivity index (χ1v) is 12.4. The highest BCUT2D eigenvalue weighted by molar-refractivity contribution is 5.84. The van der Waals surface area contributed by atoms with Crippen LogP contribution in [0.25, 0.3) is 10.8 Å². The molecule has 4 rings (SSSR count). The number of halogens is 4. The molecule has 0 heterocycles. The van der Waals surface area contributed by atoms with Crippen LogP contribution in [0.1, 0.15) is 68.6 Å². The number of benzene rings is 3. The van der Waals surface area contributed by atoms with Crippen molar-refractivity contribution in [3.05, 3.63) is 94.6 Å². The van der Waals surface area contributed by atoms with Gasteiger partial charge in [0.05, 0.1) is 5.56 Å². The second-order valence-electron chi connectivity index (χ2n) is 9.58. The predicted octanol–water partition coefficient (Wildman–Crippen LogP) is 8.89. The summed E-state index contributed by atoms with van der Waals surface area (Å²) >= 11 is 0. The minimum absolute atomic E-state index is 0.277. The summed E-state index contributed by atoms with van der Waals surface area (Å²) in [6, 6.07) is 9.76. The van der Waals surface area contributed by atoms with Crippen LogP contribution in [0.3, 0.4) is 0 Å². The van der Waals surface area contributed by atoms with Crippen LogP contribution < -0.4 is 0 Å². The first-order valence-electron chi connectivity index (χ1n) is 12.4. The maximum absolute atomic E-state index is 14.7. The van der Waals surface area contributed by atoms with Crippen molar-refractivity contribution in [3.8, 4) is 11.8 Å². The van der Waals surface area contributed by atoms with Gasteiger partial charge in [-0.05, 0) is 97.2 Å². The van der Waals surface area contributed by atoms with Gasteiger partial charge in [-0.15, -0.1) is 0 Å². The van der Waals surface area contributed by atoms with Crippen LogP contribution in [0.5, 0.6) is 0 Å². The lowest BCUT2D eigenvalue weighted by Crippen LogP contribution is -2.15. The van der Waals surface area contributed by atoms with Gasteiger partial charge in [-0.2, -0.15) is 0 Å². The highest BCUT2D eigenvalue weighted by Crippen LogP contribution is 2.34. The zero-order valence-corrected chi connectivity index (χ0v) is 20.0. The zero-order valence-electron chi connectivity index (χ0n) is 20.0. The van der Waals surface area contributed by atoms with E-state index >= 15 is 0 Å². The van der Waals surface area contributed by atoms with Gasteiger partial charge in [-0.25, -0.2) is 17.6 Å². The molecule has 0 atom stereocenters. The van der Waals surface area contributed by atoms with Gasteiger partial charge in [-0.1, -0.05) is 55.7 Å². The van der Waals surface area contributed by atoms with Crippen molar-refractivity contribution in [2.45, 2.75) is 58.3 Å². The molecule has 3 aromatic carbocycles. The fraction of sp³-hybridized carbons (Fsp3) is 0.355. The van der Waals surface area contributed by atoms with Gasteiger partial charge in [0, 0.05) is 5.56 Å². The number of aryl methyl sites for hydroxylation is 1. The lowest BCUT2D eigenvalue weighted by atomic mass is 9.78. The van der Waals surface area contributed by atoms with Gasteiger partial charge in [0.2, 0.25) is 0 Å². The van der Waals surface area contributed by atoms with E-state index in [4.69, 9.17) is 0 Å². The van der Waals surface area contributed by atoms with E-state index in [0.717, 1.165) is 30.9 Å². The number of allylic oxidation sites excluding steroid dienone is 2. The molecule has 35 heavy (non-hydrogen) atoms. The molecule has 182 valence electrons. The first kappa shape index (κ1) is 25.0. The normalized spacial score (nSPS) is 18.1. The zero-order chi connectivity index (χ0) is 24.8. The first-order chi connectivity index (χ1) is 16.9. The Labute approximate surface area is 205 Å². The van der Waals surface area contributed by atoms with Gasteiger partial charge < -0.3 is 0 Å². The molecule has 1 aliphatic rings. The summed E-state index contributed by atoms with van der Waals surface area (Å²) in [4.78, 5) is 0. The summed E-state index contributed by atoms with van der Waals surface area (Å²) in [5.74, 6) is 3.52. The Kier molecular flexibility index (Phi) is 8.29. The molecule has 0 bridgehead atoms. The fourth-order valence-corrected chi connectivity index (χ4v) is 5.02. The van der Waals surface area contributed by atoms with Gasteiger partial charge in [0.25, 0.3) is 0 Å². The summed E-state index contributed by atoms with van der Waals surface area (Å²) in [6.07, 6.45) is 13.2. The molecule has 1 saturated carbocycles. The van der Waals surface area contributed by atoms with E-state index in [1.54, 1.807) is 18.2 Å². The summed E-state index contributed by atoms with van der Waals surface area (Å²) < 4.78 is 56.3. The van der Waals surface area contributed by atoms with E-state index in [0.29, 0.717) is 34.2 Å². The van der Waals surface area contributed by atoms with E-state index < -0.39 is 23.3 Å². The van der Waals surface area contributed by atoms with Crippen LogP contribution in [0.2, 0.25) is 0 Å². The van der Waals surface area contributed by atoms with E-state index in [1.165, 1.54) is 44.2 Å². The smallest absolute Gasteiger partial charge is 0.159 e. The highest BCUT2D eigenvalue weighted by Gasteiger charge is 2.21. The molecule has 0 unspecified atom stereocenters. The molecular formula is C31H30F4. The monoisotopic (exact) mass is 478 g/mol. The lowest BCUT2D eigenvalue weighted by Gasteiger charge is -2.28. The quantitative estimate of drug-likeness (QED) is 0.188. The standard InChI is InChI=1S/C31H30F4/c1-2-3-4-5-21-6-8-22(9-7-21)10-11-24-17-28(32)27(29(33)18-24)15-13-23-12-14-25-19-30(34)31(35)20-26(25)16-23/h2-3,12,14,16-22H,4-11H2,1H3/b3-2+. The molecule has 0 aromatic heterocycles. The van der Waals surface area contributed by atoms with E-state index in [1.807, 2.05) is 0 Å². The Morgan fingerprint density at radius 3 is 2.03 bits per heavy atom. The summed E-state index contributed by atoms with van der Waals surface area (Å²) in [5, 5.41) is 0.997. The molecule has 0 radical (unpaired) electrons. The second kappa shape index (κ2) is 11.6. The Morgan fingerprint density at radius 1 is 0.743 bits per heavy atom. The Balaban J connectivity index is 1.38. The van der Waals surface area contributed by atoms with E-state index in [2.05, 4.69) is 30.9 Å². The topological polar surface area (TPSA) is 0 Å². The van der Waals surface area contributed by atoms with Crippen molar-refractivity contribution in [2.75, 3.05) is 0 Å². The minimum Gasteiger partial charge on any atom is -0.206 e. The van der Waals surface area contributed by atoms with Crippen molar-refractivity contribution in [3.63, 3.8) is 0 Å². The molecule has 0 saturated heterocycles. The van der Waals surface area contributed by atoms with Gasteiger partial charge in [-0.3, -0.25) is 0 Å². The van der Waals surface area contributed by atoms with Gasteiger partial charge in [0.1, 0.15) is 11.6 Å². The Hall–Kier alpha value is -3.06. The number of fused-ring (bicyclic) bond motifs is 1. The van der Waals surface area contributed by atoms with Crippen LogP contribution in [-0.4, -0.2) is 0 Å². The van der Waals surface area contributed by atoms with Crippen molar-refractivity contribution in [1.29, 1.82) is 0 Å². The van der Waals surface area contributed by atoms with Crippen molar-refractivity contribution >= 4 is 10.8 Å². The van der Waals surface area contributed by atoms with Gasteiger partial charge >= 0.3 is 0 Å². The minimum atomic E-state index is -0.951. The average molecular weight is 479 g/mol. The predicted molar refractivity (Wildman–Crippen MR) is 134 cm³/mol. The number of rotatable bonds is 6. The van der Waals surface area contributed by atoms with Crippen molar-refractivity contribution < 1.29 is 17.6 Å². The maximum atomic E-state index is 14.7. The molecular weight excluding hydrogens is 448 g/mol. The molecule has 1 fully saturated rings. The average Bonchev–Trinajstić information content (AvgIpc) is 2.84. The van der Waals surface area contributed by atoms with Gasteiger partial charge in [0.15, 0.2) is 11.6 Å². The second-order valence-corrected chi connectivity index (χ2v) is 9.58. The molecule has 0 amide bonds. The van der Waals surface area contributed by atoms with E-state index in [9.17, 15) is 17.6 Å². The molecule has 4 heteroatoms. The third kappa shape index (κ3) is 6.54. The largest absolute Gasteiger partial charge is 0.206 e. The molecule has 1 aliphatic carbocycles. The highest BCUT2D eigenvalue weighted by atomic mass is 19.2. The maximum Gasteiger partial charge on any atom is 0.159 e. The van der Waals surface area contributed by atoms with Crippen LogP contribution >= 0.6 is 0 Å². The molecule has 0 spiro atoms. The SMILES string of the molecule is C/C=C/CCC1CCC(CCc2cc(F)c(C#Cc3ccc4cc(F)c(F)cc4c3)c(F)c2)CC1. The molecule has 0 nitrogen and oxygen atoms in total. The van der Waals surface area contributed by atoms with Crippen LogP contribution in [0.4, 0.5) is 17.6 Å². The van der Waals surface area contributed by atoms with E-state index in [-0.39, 0.29) is 5.56 Å². The van der Waals surface area contributed by atoms with Crippen molar-refractivity contribution in [1.82, 2.24) is 0 Å². The fourth-order valence-electron chi connectivity index (χ4n) is 5.02. The molecule has 3 aromatic rings. The third-order valence-corrected chi connectivity index (χ3v) is 7.10. The Morgan fingerprint density at radius 2 is 1.37 bits per heavy atom. The summed E-state index contributed by atoms with van der Waals surface area (Å²) in [7, 11) is 0. The summed E-state index contributed by atoms with van der Waals surface area (Å²) in [6.45, 7) is 2.06.